The van der Waals surface area contributed by atoms with Crippen LogP contribution >= 0.6 is 0 Å². The lowest BCUT2D eigenvalue weighted by Gasteiger charge is -2.50. The largest absolute Gasteiger partial charge is 0.508 e. The van der Waals surface area contributed by atoms with E-state index in [1.54, 1.807) is 67.3 Å². The van der Waals surface area contributed by atoms with Gasteiger partial charge in [0.2, 0.25) is 11.8 Å². The van der Waals surface area contributed by atoms with E-state index in [0.29, 0.717) is 51.4 Å². The van der Waals surface area contributed by atoms with E-state index in [1.165, 1.54) is 0 Å². The molecule has 11 heteroatoms. The molecule has 11 nitrogen and oxygen atoms in total. The molecule has 0 aliphatic carbocycles. The maximum Gasteiger partial charge on any atom is 0.244 e. The summed E-state index contributed by atoms with van der Waals surface area (Å²) in [7, 11) is 5.29. The lowest BCUT2D eigenvalue weighted by atomic mass is 9.94. The Hall–Kier alpha value is -5.26. The van der Waals surface area contributed by atoms with Gasteiger partial charge in [0.05, 0.1) is 0 Å². The van der Waals surface area contributed by atoms with Crippen molar-refractivity contribution in [1.82, 2.24) is 19.6 Å². The van der Waals surface area contributed by atoms with E-state index in [1.807, 2.05) is 60.7 Å². The number of hydrogen-bond donors (Lipinski definition) is 3. The van der Waals surface area contributed by atoms with E-state index in [0.717, 1.165) is 22.5 Å². The van der Waals surface area contributed by atoms with E-state index in [-0.39, 0.29) is 41.1 Å². The number of carbonyl (C=O) groups is 2. The van der Waals surface area contributed by atoms with Crippen LogP contribution in [0, 0.1) is 0 Å². The van der Waals surface area contributed by atoms with E-state index >= 15 is 0 Å². The first-order valence-electron chi connectivity index (χ1n) is 18.2. The van der Waals surface area contributed by atoms with Crippen LogP contribution < -0.4 is 9.80 Å². The normalized spacial score (nSPS) is 17.6. The molecule has 2 saturated heterocycles. The molecule has 0 bridgehead atoms. The minimum Gasteiger partial charge on any atom is -0.508 e. The summed E-state index contributed by atoms with van der Waals surface area (Å²) in [4.78, 5) is 40.1. The van der Waals surface area contributed by atoms with Crippen molar-refractivity contribution in [2.24, 2.45) is 0 Å². The molecule has 3 N–H and O–H groups in total. The molecule has 2 fully saturated rings. The van der Waals surface area contributed by atoms with Crippen LogP contribution in [0.4, 0.5) is 11.4 Å². The summed E-state index contributed by atoms with van der Waals surface area (Å²) in [5.41, 5.74) is 4.02. The van der Waals surface area contributed by atoms with Gasteiger partial charge in [-0.05, 0) is 79.6 Å². The van der Waals surface area contributed by atoms with Crippen molar-refractivity contribution in [3.8, 4) is 17.2 Å². The topological polar surface area (TPSA) is 114 Å². The minimum atomic E-state index is -0.509. The Morgan fingerprint density at radius 1 is 0.660 bits per heavy atom. The Morgan fingerprint density at radius 3 is 1.92 bits per heavy atom. The van der Waals surface area contributed by atoms with Gasteiger partial charge >= 0.3 is 0 Å². The van der Waals surface area contributed by atoms with E-state index in [2.05, 4.69) is 33.4 Å². The fraction of sp³-hybridized carbons (Fsp3) is 0.381. The maximum absolute atomic E-state index is 14.5. The summed E-state index contributed by atoms with van der Waals surface area (Å²) in [5, 5.41) is 31.0. The Balaban J connectivity index is 1.16. The van der Waals surface area contributed by atoms with E-state index < -0.39 is 12.1 Å². The third-order valence-corrected chi connectivity index (χ3v) is 10.6. The van der Waals surface area contributed by atoms with Crippen molar-refractivity contribution in [2.45, 2.75) is 38.0 Å². The molecule has 4 aromatic carbocycles. The molecule has 0 spiro atoms. The summed E-state index contributed by atoms with van der Waals surface area (Å²) in [6.07, 6.45) is 0. The lowest BCUT2D eigenvalue weighted by Crippen LogP contribution is -2.61. The lowest BCUT2D eigenvalue weighted by molar-refractivity contribution is -0.137. The summed E-state index contributed by atoms with van der Waals surface area (Å²) in [6.45, 7) is 9.20. The first-order valence-corrected chi connectivity index (χ1v) is 18.2. The summed E-state index contributed by atoms with van der Waals surface area (Å²) in [5.74, 6) is 0.402. The smallest absolute Gasteiger partial charge is 0.244 e. The minimum absolute atomic E-state index is 0.0414. The van der Waals surface area contributed by atoms with Gasteiger partial charge in [0, 0.05) is 96.0 Å². The molecular weight excluding hydrogens is 668 g/mol. The first-order chi connectivity index (χ1) is 25.3. The number of hydrogen-bond acceptors (Lipinski definition) is 9. The van der Waals surface area contributed by atoms with Gasteiger partial charge < -0.3 is 34.9 Å². The van der Waals surface area contributed by atoms with Crippen LogP contribution in [0.5, 0.6) is 17.2 Å². The van der Waals surface area contributed by atoms with Crippen molar-refractivity contribution < 1.29 is 24.9 Å². The quantitative estimate of drug-likeness (QED) is 0.207. The van der Waals surface area contributed by atoms with Crippen LogP contribution in [-0.4, -0.2) is 119 Å². The molecule has 6 rings (SSSR count). The Morgan fingerprint density at radius 2 is 1.28 bits per heavy atom. The zero-order valence-corrected chi connectivity index (χ0v) is 31.4. The number of anilines is 2. The second kappa shape index (κ2) is 15.8. The number of benzene rings is 4. The predicted octanol–water partition coefficient (Wildman–Crippen LogP) is 5.06. The van der Waals surface area contributed by atoms with Gasteiger partial charge in [0.15, 0.2) is 0 Å². The highest BCUT2D eigenvalue weighted by atomic mass is 16.3. The number of likely N-dealkylation sites (N-methyl/N-ethyl adjacent to an activating group) is 2. The maximum atomic E-state index is 14.5. The predicted molar refractivity (Wildman–Crippen MR) is 208 cm³/mol. The molecule has 2 atom stereocenters. The Bertz CT molecular complexity index is 1880. The van der Waals surface area contributed by atoms with E-state index in [4.69, 9.17) is 0 Å². The molecule has 2 heterocycles. The van der Waals surface area contributed by atoms with Gasteiger partial charge in [-0.1, -0.05) is 42.5 Å². The number of rotatable bonds is 10. The number of nitrogens with zero attached hydrogens (tertiary/aromatic N) is 6. The van der Waals surface area contributed by atoms with Crippen LogP contribution in [0.15, 0.2) is 97.1 Å². The standard InChI is InChI=1S/C42H52N6O5/c1-42(2)29-47(24-25-48(42)33-14-17-35(49)18-15-33)38(30-10-7-6-8-11-30)41(53)44(5)28-32-26-34(16-19-37(32)51)45-20-22-46(23-21-45)39(40(52)43(3)4)31-12-9-13-36(50)27-31/h6-19,26-27,38-39,49-51H,20-25,28-29H2,1-5H3. The number of amides is 2. The fourth-order valence-electron chi connectivity index (χ4n) is 7.79. The molecule has 2 unspecified atom stereocenters. The van der Waals surface area contributed by atoms with Crippen LogP contribution in [0.25, 0.3) is 0 Å². The molecule has 0 saturated carbocycles. The van der Waals surface area contributed by atoms with Gasteiger partial charge in [-0.25, -0.2) is 0 Å². The average molecular weight is 721 g/mol. The third kappa shape index (κ3) is 8.37. The highest BCUT2D eigenvalue weighted by Crippen LogP contribution is 2.35. The Labute approximate surface area is 312 Å². The first kappa shape index (κ1) is 37.5. The van der Waals surface area contributed by atoms with Crippen molar-refractivity contribution in [2.75, 3.05) is 76.8 Å². The SMILES string of the molecule is CN(C)C(=O)C(c1cccc(O)c1)N1CCN(c2ccc(O)c(CN(C)C(=O)C(c3ccccc3)N3CCN(c4ccc(O)cc4)C(C)(C)C3)c2)CC1. The second-order valence-corrected chi connectivity index (χ2v) is 15.0. The van der Waals surface area contributed by atoms with Crippen molar-refractivity contribution in [3.63, 3.8) is 0 Å². The number of piperazine rings is 2. The summed E-state index contributed by atoms with van der Waals surface area (Å²) < 4.78 is 0. The van der Waals surface area contributed by atoms with Crippen molar-refractivity contribution in [1.29, 1.82) is 0 Å². The second-order valence-electron chi connectivity index (χ2n) is 15.0. The molecule has 2 aliphatic rings. The zero-order chi connectivity index (χ0) is 37.9. The molecule has 53 heavy (non-hydrogen) atoms. The molecular formula is C42H52N6O5. The molecule has 2 amide bonds. The molecule has 4 aromatic rings. The number of phenolic OH excluding ortho intramolecular Hbond substituents is 3. The van der Waals surface area contributed by atoms with Crippen molar-refractivity contribution >= 4 is 23.2 Å². The van der Waals surface area contributed by atoms with Crippen LogP contribution in [0.3, 0.4) is 0 Å². The van der Waals surface area contributed by atoms with Gasteiger partial charge in [0.1, 0.15) is 29.3 Å². The summed E-state index contributed by atoms with van der Waals surface area (Å²) >= 11 is 0. The molecule has 2 aliphatic heterocycles. The number of phenols is 3. The number of carbonyl (C=O) groups excluding carboxylic acids is 2. The van der Waals surface area contributed by atoms with Crippen LogP contribution in [0.2, 0.25) is 0 Å². The van der Waals surface area contributed by atoms with Gasteiger partial charge in [-0.15, -0.1) is 0 Å². The zero-order valence-electron chi connectivity index (χ0n) is 31.4. The van der Waals surface area contributed by atoms with Crippen LogP contribution in [0.1, 0.15) is 42.6 Å². The van der Waals surface area contributed by atoms with Crippen molar-refractivity contribution in [3.05, 3.63) is 114 Å². The molecule has 0 aromatic heterocycles. The highest BCUT2D eigenvalue weighted by molar-refractivity contribution is 5.84. The molecule has 280 valence electrons. The van der Waals surface area contributed by atoms with Crippen LogP contribution in [-0.2, 0) is 16.1 Å². The van der Waals surface area contributed by atoms with Gasteiger partial charge in [-0.2, -0.15) is 0 Å². The van der Waals surface area contributed by atoms with Gasteiger partial charge in [0.25, 0.3) is 0 Å². The molecule has 0 radical (unpaired) electrons. The summed E-state index contributed by atoms with van der Waals surface area (Å²) in [6, 6.07) is 28.6. The van der Waals surface area contributed by atoms with E-state index in [9.17, 15) is 24.9 Å². The highest BCUT2D eigenvalue weighted by Gasteiger charge is 2.40. The monoisotopic (exact) mass is 720 g/mol. The van der Waals surface area contributed by atoms with Gasteiger partial charge in [-0.3, -0.25) is 19.4 Å². The third-order valence-electron chi connectivity index (χ3n) is 10.6. The fourth-order valence-corrected chi connectivity index (χ4v) is 7.79. The number of aromatic hydroxyl groups is 3. The Kier molecular flexibility index (Phi) is 11.2. The average Bonchev–Trinajstić information content (AvgIpc) is 3.13.